The summed E-state index contributed by atoms with van der Waals surface area (Å²) in [5, 5.41) is 2.46. The lowest BCUT2D eigenvalue weighted by Gasteiger charge is -2.04. The molecule has 0 aliphatic carbocycles. The van der Waals surface area contributed by atoms with Gasteiger partial charge in [-0.3, -0.25) is 0 Å². The van der Waals surface area contributed by atoms with Crippen molar-refractivity contribution in [1.29, 1.82) is 0 Å². The van der Waals surface area contributed by atoms with Crippen LogP contribution in [0, 0.1) is 6.92 Å². The van der Waals surface area contributed by atoms with Crippen LogP contribution < -0.4 is 4.57 Å². The van der Waals surface area contributed by atoms with Gasteiger partial charge in [0.1, 0.15) is 13.4 Å². The summed E-state index contributed by atoms with van der Waals surface area (Å²) in [5.74, 6) is 0. The zero-order valence-electron chi connectivity index (χ0n) is 10.5. The van der Waals surface area contributed by atoms with Crippen LogP contribution in [0.4, 0.5) is 0 Å². The molecule has 0 saturated carbocycles. The van der Waals surface area contributed by atoms with Gasteiger partial charge in [-0.25, -0.2) is 14.5 Å². The fraction of sp³-hybridized carbons (Fsp3) is 0.133. The van der Waals surface area contributed by atoms with Gasteiger partial charge in [-0.2, -0.15) is 0 Å². The lowest BCUT2D eigenvalue weighted by Crippen LogP contribution is -2.30. The third-order valence-electron chi connectivity index (χ3n) is 3.19. The SMILES string of the molecule is Cc1ncncc1-c1cc2ccccc2c[n+]1C. The van der Waals surface area contributed by atoms with E-state index in [9.17, 15) is 0 Å². The Bertz CT molecular complexity index is 720. The Morgan fingerprint density at radius 1 is 1.11 bits per heavy atom. The van der Waals surface area contributed by atoms with Gasteiger partial charge in [0.2, 0.25) is 5.69 Å². The number of pyridine rings is 1. The first-order valence-corrected chi connectivity index (χ1v) is 5.91. The zero-order chi connectivity index (χ0) is 12.5. The molecule has 0 bridgehead atoms. The predicted molar refractivity (Wildman–Crippen MR) is 70.9 cm³/mol. The number of benzene rings is 1. The van der Waals surface area contributed by atoms with Gasteiger partial charge in [0.15, 0.2) is 6.20 Å². The normalized spacial score (nSPS) is 10.8. The largest absolute Gasteiger partial charge is 0.244 e. The summed E-state index contributed by atoms with van der Waals surface area (Å²) in [5.41, 5.74) is 3.20. The van der Waals surface area contributed by atoms with Crippen LogP contribution in [0.1, 0.15) is 5.69 Å². The fourth-order valence-corrected chi connectivity index (χ4v) is 2.20. The number of aromatic nitrogens is 3. The van der Waals surface area contributed by atoms with E-state index in [2.05, 4.69) is 51.1 Å². The first-order chi connectivity index (χ1) is 8.75. The van der Waals surface area contributed by atoms with Crippen molar-refractivity contribution in [2.24, 2.45) is 7.05 Å². The highest BCUT2D eigenvalue weighted by Crippen LogP contribution is 2.21. The Morgan fingerprint density at radius 3 is 2.67 bits per heavy atom. The molecule has 88 valence electrons. The van der Waals surface area contributed by atoms with Crippen molar-refractivity contribution in [3.63, 3.8) is 0 Å². The Kier molecular flexibility index (Phi) is 2.52. The molecule has 3 aromatic rings. The van der Waals surface area contributed by atoms with Gasteiger partial charge in [-0.15, -0.1) is 0 Å². The molecule has 0 amide bonds. The minimum atomic E-state index is 0.996. The van der Waals surface area contributed by atoms with Crippen molar-refractivity contribution in [2.45, 2.75) is 6.92 Å². The zero-order valence-corrected chi connectivity index (χ0v) is 10.5. The Labute approximate surface area is 106 Å². The molecule has 18 heavy (non-hydrogen) atoms. The van der Waals surface area contributed by atoms with Crippen LogP contribution in [0.2, 0.25) is 0 Å². The lowest BCUT2D eigenvalue weighted by atomic mass is 10.1. The standard InChI is InChI=1S/C15H14N3/c1-11-14(8-16-10-17-11)15-7-12-5-3-4-6-13(12)9-18(15)2/h3-10H,1-2H3/q+1. The van der Waals surface area contributed by atoms with E-state index in [0.717, 1.165) is 17.0 Å². The Balaban J connectivity index is 2.30. The van der Waals surface area contributed by atoms with Gasteiger partial charge in [0.25, 0.3) is 0 Å². The van der Waals surface area contributed by atoms with Crippen molar-refractivity contribution in [3.8, 4) is 11.3 Å². The van der Waals surface area contributed by atoms with Gasteiger partial charge in [0.05, 0.1) is 11.3 Å². The van der Waals surface area contributed by atoms with Crippen LogP contribution in [0.25, 0.3) is 22.0 Å². The summed E-state index contributed by atoms with van der Waals surface area (Å²) in [6.07, 6.45) is 5.59. The maximum absolute atomic E-state index is 4.25. The van der Waals surface area contributed by atoms with E-state index in [0.29, 0.717) is 0 Å². The second-order valence-corrected chi connectivity index (χ2v) is 4.42. The highest BCUT2D eigenvalue weighted by molar-refractivity contribution is 5.83. The molecule has 2 aromatic heterocycles. The highest BCUT2D eigenvalue weighted by Gasteiger charge is 2.14. The molecule has 2 heterocycles. The number of rotatable bonds is 1. The Hall–Kier alpha value is -2.29. The maximum atomic E-state index is 4.25. The molecule has 1 aromatic carbocycles. The van der Waals surface area contributed by atoms with Gasteiger partial charge < -0.3 is 0 Å². The third-order valence-corrected chi connectivity index (χ3v) is 3.19. The van der Waals surface area contributed by atoms with Crippen molar-refractivity contribution in [3.05, 3.63) is 54.7 Å². The quantitative estimate of drug-likeness (QED) is 0.607. The van der Waals surface area contributed by atoms with Gasteiger partial charge in [-0.1, -0.05) is 18.2 Å². The molecule has 0 aliphatic heterocycles. The van der Waals surface area contributed by atoms with Crippen LogP contribution >= 0.6 is 0 Å². The van der Waals surface area contributed by atoms with Gasteiger partial charge in [0, 0.05) is 17.6 Å². The van der Waals surface area contributed by atoms with E-state index < -0.39 is 0 Å². The van der Waals surface area contributed by atoms with E-state index in [1.807, 2.05) is 20.2 Å². The summed E-state index contributed by atoms with van der Waals surface area (Å²) in [7, 11) is 2.05. The predicted octanol–water partition coefficient (Wildman–Crippen LogP) is 2.43. The molecule has 0 fully saturated rings. The number of fused-ring (bicyclic) bond motifs is 1. The van der Waals surface area contributed by atoms with Crippen LogP contribution in [-0.2, 0) is 7.05 Å². The molecule has 0 saturated heterocycles. The summed E-state index contributed by atoms with van der Waals surface area (Å²) in [6, 6.07) is 10.5. The molecule has 3 nitrogen and oxygen atoms in total. The minimum Gasteiger partial charge on any atom is -0.244 e. The van der Waals surface area contributed by atoms with Crippen LogP contribution in [0.3, 0.4) is 0 Å². The summed E-state index contributed by atoms with van der Waals surface area (Å²) >= 11 is 0. The van der Waals surface area contributed by atoms with Crippen molar-refractivity contribution in [1.82, 2.24) is 9.97 Å². The number of aryl methyl sites for hydroxylation is 2. The van der Waals surface area contributed by atoms with E-state index in [4.69, 9.17) is 0 Å². The molecular formula is C15H14N3+. The number of hydrogen-bond donors (Lipinski definition) is 0. The molecule has 0 spiro atoms. The third kappa shape index (κ3) is 1.74. The lowest BCUT2D eigenvalue weighted by molar-refractivity contribution is -0.659. The number of hydrogen-bond acceptors (Lipinski definition) is 2. The smallest absolute Gasteiger partial charge is 0.216 e. The fourth-order valence-electron chi connectivity index (χ4n) is 2.20. The molecule has 0 atom stereocenters. The molecule has 0 aliphatic rings. The second-order valence-electron chi connectivity index (χ2n) is 4.42. The highest BCUT2D eigenvalue weighted by atomic mass is 14.9. The Morgan fingerprint density at radius 2 is 1.89 bits per heavy atom. The van der Waals surface area contributed by atoms with Crippen LogP contribution in [0.15, 0.2) is 49.1 Å². The average molecular weight is 236 g/mol. The van der Waals surface area contributed by atoms with Crippen molar-refractivity contribution >= 4 is 10.8 Å². The second kappa shape index (κ2) is 4.18. The van der Waals surface area contributed by atoms with Crippen molar-refractivity contribution in [2.75, 3.05) is 0 Å². The molecule has 3 rings (SSSR count). The summed E-state index contributed by atoms with van der Waals surface area (Å²) < 4.78 is 2.12. The van der Waals surface area contributed by atoms with E-state index in [1.165, 1.54) is 10.8 Å². The van der Waals surface area contributed by atoms with Crippen LogP contribution in [-0.4, -0.2) is 9.97 Å². The number of nitrogens with zero attached hydrogens (tertiary/aromatic N) is 3. The average Bonchev–Trinajstić information content (AvgIpc) is 2.39. The first-order valence-electron chi connectivity index (χ1n) is 5.91. The van der Waals surface area contributed by atoms with E-state index in [-0.39, 0.29) is 0 Å². The monoisotopic (exact) mass is 236 g/mol. The maximum Gasteiger partial charge on any atom is 0.216 e. The summed E-state index contributed by atoms with van der Waals surface area (Å²) in [6.45, 7) is 2.01. The first kappa shape index (κ1) is 10.8. The van der Waals surface area contributed by atoms with E-state index >= 15 is 0 Å². The van der Waals surface area contributed by atoms with Crippen LogP contribution in [0.5, 0.6) is 0 Å². The summed E-state index contributed by atoms with van der Waals surface area (Å²) in [4.78, 5) is 8.37. The minimum absolute atomic E-state index is 0.996. The molecule has 0 radical (unpaired) electrons. The van der Waals surface area contributed by atoms with E-state index in [1.54, 1.807) is 6.33 Å². The molecule has 3 heteroatoms. The van der Waals surface area contributed by atoms with Gasteiger partial charge >= 0.3 is 0 Å². The molecule has 0 unspecified atom stereocenters. The topological polar surface area (TPSA) is 29.7 Å². The molecular weight excluding hydrogens is 222 g/mol. The van der Waals surface area contributed by atoms with Gasteiger partial charge in [-0.05, 0) is 18.4 Å². The molecule has 0 N–H and O–H groups in total. The van der Waals surface area contributed by atoms with Crippen molar-refractivity contribution < 1.29 is 4.57 Å².